The lowest BCUT2D eigenvalue weighted by Gasteiger charge is -2.43. The van der Waals surface area contributed by atoms with Gasteiger partial charge >= 0.3 is 5.97 Å². The van der Waals surface area contributed by atoms with Gasteiger partial charge in [-0.3, -0.25) is 14.4 Å². The number of esters is 1. The van der Waals surface area contributed by atoms with E-state index in [-0.39, 0.29) is 29.9 Å². The van der Waals surface area contributed by atoms with Crippen molar-refractivity contribution in [1.82, 2.24) is 10.2 Å². The molecular weight excluding hydrogens is 380 g/mol. The van der Waals surface area contributed by atoms with Crippen molar-refractivity contribution in [3.8, 4) is 0 Å². The van der Waals surface area contributed by atoms with E-state index in [1.807, 2.05) is 4.90 Å². The SMILES string of the molecule is CCCC/C=C/C=C/CCCCC[C@@H]1C[C@@H](OC(C)=O)[C@@H](NC(C)=O)CN1C(C)=O. The predicted molar refractivity (Wildman–Crippen MR) is 120 cm³/mol. The molecule has 3 atom stereocenters. The van der Waals surface area contributed by atoms with E-state index < -0.39 is 6.10 Å². The highest BCUT2D eigenvalue weighted by Crippen LogP contribution is 2.25. The zero-order valence-electron chi connectivity index (χ0n) is 19.2. The van der Waals surface area contributed by atoms with Gasteiger partial charge < -0.3 is 15.0 Å². The van der Waals surface area contributed by atoms with E-state index >= 15 is 0 Å². The summed E-state index contributed by atoms with van der Waals surface area (Å²) in [6, 6.07) is -0.323. The Morgan fingerprint density at radius 1 is 1.00 bits per heavy atom. The van der Waals surface area contributed by atoms with Crippen LogP contribution in [0.1, 0.15) is 85.5 Å². The number of ether oxygens (including phenoxy) is 1. The van der Waals surface area contributed by atoms with Crippen molar-refractivity contribution in [2.24, 2.45) is 0 Å². The number of piperidine rings is 1. The number of carbonyl (C=O) groups is 3. The van der Waals surface area contributed by atoms with Gasteiger partial charge in [0.15, 0.2) is 0 Å². The molecule has 1 aliphatic rings. The number of amides is 2. The maximum absolute atomic E-state index is 12.2. The van der Waals surface area contributed by atoms with Crippen LogP contribution in [-0.4, -0.2) is 47.4 Å². The number of rotatable bonds is 12. The van der Waals surface area contributed by atoms with Crippen LogP contribution in [-0.2, 0) is 19.1 Å². The summed E-state index contributed by atoms with van der Waals surface area (Å²) in [6.45, 7) is 6.95. The number of nitrogens with one attached hydrogen (secondary N) is 1. The van der Waals surface area contributed by atoms with Crippen molar-refractivity contribution < 1.29 is 19.1 Å². The van der Waals surface area contributed by atoms with E-state index in [4.69, 9.17) is 4.74 Å². The number of hydrogen-bond acceptors (Lipinski definition) is 4. The van der Waals surface area contributed by atoms with E-state index in [2.05, 4.69) is 36.5 Å². The van der Waals surface area contributed by atoms with E-state index in [0.717, 1.165) is 38.5 Å². The highest BCUT2D eigenvalue weighted by atomic mass is 16.5. The van der Waals surface area contributed by atoms with Crippen molar-refractivity contribution >= 4 is 17.8 Å². The summed E-state index contributed by atoms with van der Waals surface area (Å²) in [5.41, 5.74) is 0. The average Bonchev–Trinajstić information content (AvgIpc) is 2.66. The van der Waals surface area contributed by atoms with Crippen LogP contribution in [0.3, 0.4) is 0 Å². The van der Waals surface area contributed by atoms with Gasteiger partial charge in [-0.1, -0.05) is 56.9 Å². The lowest BCUT2D eigenvalue weighted by Crippen LogP contribution is -2.60. The number of allylic oxidation sites excluding steroid dienone is 4. The van der Waals surface area contributed by atoms with Crippen LogP contribution in [0.4, 0.5) is 0 Å². The molecule has 6 nitrogen and oxygen atoms in total. The Morgan fingerprint density at radius 2 is 1.67 bits per heavy atom. The predicted octanol–water partition coefficient (Wildman–Crippen LogP) is 4.30. The Morgan fingerprint density at radius 3 is 2.23 bits per heavy atom. The molecule has 2 amide bonds. The fourth-order valence-electron chi connectivity index (χ4n) is 3.93. The van der Waals surface area contributed by atoms with Crippen LogP contribution >= 0.6 is 0 Å². The number of likely N-dealkylation sites (tertiary alicyclic amines) is 1. The van der Waals surface area contributed by atoms with Crippen LogP contribution in [0.25, 0.3) is 0 Å². The highest BCUT2D eigenvalue weighted by Gasteiger charge is 2.38. The summed E-state index contributed by atoms with van der Waals surface area (Å²) >= 11 is 0. The van der Waals surface area contributed by atoms with Gasteiger partial charge in [-0.05, 0) is 25.7 Å². The Bertz CT molecular complexity index is 600. The van der Waals surface area contributed by atoms with E-state index in [9.17, 15) is 14.4 Å². The molecule has 1 rings (SSSR count). The molecule has 170 valence electrons. The molecule has 1 heterocycles. The molecule has 0 saturated carbocycles. The number of nitrogens with zero attached hydrogens (tertiary/aromatic N) is 1. The second kappa shape index (κ2) is 14.8. The molecule has 1 N–H and O–H groups in total. The average molecular weight is 421 g/mol. The Hall–Kier alpha value is -2.11. The van der Waals surface area contributed by atoms with Crippen LogP contribution in [0.15, 0.2) is 24.3 Å². The minimum absolute atomic E-state index is 0.00517. The maximum atomic E-state index is 12.2. The van der Waals surface area contributed by atoms with Crippen LogP contribution < -0.4 is 5.32 Å². The van der Waals surface area contributed by atoms with Crippen molar-refractivity contribution in [1.29, 1.82) is 0 Å². The third-order valence-electron chi connectivity index (χ3n) is 5.41. The molecule has 0 aromatic rings. The molecule has 0 spiro atoms. The fraction of sp³-hybridized carbons (Fsp3) is 0.708. The van der Waals surface area contributed by atoms with Gasteiger partial charge in [0.2, 0.25) is 11.8 Å². The van der Waals surface area contributed by atoms with Crippen molar-refractivity contribution in [2.45, 2.75) is 104 Å². The number of hydrogen-bond donors (Lipinski definition) is 1. The summed E-state index contributed by atoms with van der Waals surface area (Å²) in [6.07, 6.45) is 17.6. The molecule has 1 saturated heterocycles. The molecule has 0 aromatic heterocycles. The Balaban J connectivity index is 2.47. The molecule has 1 fully saturated rings. The highest BCUT2D eigenvalue weighted by molar-refractivity contribution is 5.75. The van der Waals surface area contributed by atoms with Crippen molar-refractivity contribution in [3.63, 3.8) is 0 Å². The minimum atomic E-state index is -0.394. The van der Waals surface area contributed by atoms with Crippen LogP contribution in [0, 0.1) is 0 Å². The molecular formula is C24H40N2O4. The van der Waals surface area contributed by atoms with Gasteiger partial charge in [-0.15, -0.1) is 0 Å². The molecule has 6 heteroatoms. The molecule has 0 bridgehead atoms. The molecule has 1 aliphatic heterocycles. The smallest absolute Gasteiger partial charge is 0.302 e. The third-order valence-corrected chi connectivity index (χ3v) is 5.41. The second-order valence-electron chi connectivity index (χ2n) is 8.15. The van der Waals surface area contributed by atoms with E-state index in [1.54, 1.807) is 6.92 Å². The summed E-state index contributed by atoms with van der Waals surface area (Å²) in [5.74, 6) is -0.553. The zero-order valence-corrected chi connectivity index (χ0v) is 19.2. The quantitative estimate of drug-likeness (QED) is 0.290. The summed E-state index contributed by atoms with van der Waals surface area (Å²) in [4.78, 5) is 37.0. The van der Waals surface area contributed by atoms with Crippen LogP contribution in [0.2, 0.25) is 0 Å². The third kappa shape index (κ3) is 10.6. The van der Waals surface area contributed by atoms with E-state index in [0.29, 0.717) is 13.0 Å². The second-order valence-corrected chi connectivity index (χ2v) is 8.15. The standard InChI is InChI=1S/C24H40N2O4/c1-5-6-7-8-9-10-11-12-13-14-15-16-22-17-24(30-21(4)29)23(25-19(2)27)18-26(22)20(3)28/h8-11,22-24H,5-7,12-18H2,1-4H3,(H,25,27)/b9-8+,11-10+/t22-,23+,24-/m1/s1. The van der Waals surface area contributed by atoms with Gasteiger partial charge in [0.25, 0.3) is 0 Å². The van der Waals surface area contributed by atoms with Gasteiger partial charge in [-0.2, -0.15) is 0 Å². The Kier molecular flexibility index (Phi) is 12.8. The van der Waals surface area contributed by atoms with Gasteiger partial charge in [0, 0.05) is 39.8 Å². The topological polar surface area (TPSA) is 75.7 Å². The summed E-state index contributed by atoms with van der Waals surface area (Å²) in [5, 5.41) is 2.83. The molecule has 0 aromatic carbocycles. The first-order chi connectivity index (χ1) is 14.3. The number of carbonyl (C=O) groups excluding carboxylic acids is 3. The molecule has 30 heavy (non-hydrogen) atoms. The van der Waals surface area contributed by atoms with Gasteiger partial charge in [0.1, 0.15) is 6.10 Å². The zero-order chi connectivity index (χ0) is 22.4. The monoisotopic (exact) mass is 420 g/mol. The lowest BCUT2D eigenvalue weighted by atomic mass is 9.91. The fourth-order valence-corrected chi connectivity index (χ4v) is 3.93. The van der Waals surface area contributed by atoms with E-state index in [1.165, 1.54) is 26.7 Å². The molecule has 0 radical (unpaired) electrons. The number of unbranched alkanes of at least 4 members (excludes halogenated alkanes) is 5. The first-order valence-corrected chi connectivity index (χ1v) is 11.4. The molecule has 0 aliphatic carbocycles. The molecule has 0 unspecified atom stereocenters. The largest absolute Gasteiger partial charge is 0.460 e. The normalized spacial score (nSPS) is 21.9. The maximum Gasteiger partial charge on any atom is 0.302 e. The first kappa shape index (κ1) is 25.9. The van der Waals surface area contributed by atoms with Crippen molar-refractivity contribution in [2.75, 3.05) is 6.54 Å². The Labute approximate surface area is 182 Å². The first-order valence-electron chi connectivity index (χ1n) is 11.4. The summed E-state index contributed by atoms with van der Waals surface area (Å²) in [7, 11) is 0. The lowest BCUT2D eigenvalue weighted by molar-refractivity contribution is -0.155. The van der Waals surface area contributed by atoms with Gasteiger partial charge in [-0.25, -0.2) is 0 Å². The van der Waals surface area contributed by atoms with Crippen LogP contribution in [0.5, 0.6) is 0 Å². The minimum Gasteiger partial charge on any atom is -0.460 e. The summed E-state index contributed by atoms with van der Waals surface area (Å²) < 4.78 is 5.46. The van der Waals surface area contributed by atoms with Crippen molar-refractivity contribution in [3.05, 3.63) is 24.3 Å². The van der Waals surface area contributed by atoms with Gasteiger partial charge in [0.05, 0.1) is 6.04 Å².